The molecular weight excluding hydrogens is 335 g/mol. The van der Waals surface area contributed by atoms with Gasteiger partial charge < -0.3 is 14.0 Å². The van der Waals surface area contributed by atoms with Gasteiger partial charge in [0.1, 0.15) is 4.88 Å². The zero-order valence-electron chi connectivity index (χ0n) is 15.3. The molecule has 25 heavy (non-hydrogen) atoms. The Morgan fingerprint density at radius 2 is 1.64 bits per heavy atom. The Hall–Kier alpha value is -1.63. The van der Waals surface area contributed by atoms with Crippen LogP contribution in [0.5, 0.6) is 0 Å². The van der Waals surface area contributed by atoms with Crippen LogP contribution in [0.25, 0.3) is 10.4 Å². The van der Waals surface area contributed by atoms with Gasteiger partial charge in [-0.25, -0.2) is 4.79 Å². The molecule has 2 heterocycles. The number of benzene rings is 1. The lowest BCUT2D eigenvalue weighted by atomic mass is 9.79. The van der Waals surface area contributed by atoms with Crippen molar-refractivity contribution in [1.29, 1.82) is 0 Å². The first-order valence-corrected chi connectivity index (χ1v) is 9.28. The Morgan fingerprint density at radius 1 is 1.04 bits per heavy atom. The third-order valence-corrected chi connectivity index (χ3v) is 5.92. The summed E-state index contributed by atoms with van der Waals surface area (Å²) in [5.41, 5.74) is 1.35. The second-order valence-corrected chi connectivity index (χ2v) is 8.18. The molecule has 2 aromatic rings. The number of thiophene rings is 1. The number of carbonyl (C=O) groups excluding carboxylic acids is 1. The molecule has 1 aliphatic heterocycles. The fraction of sp³-hybridized carbons (Fsp3) is 0.421. The molecule has 0 unspecified atom stereocenters. The van der Waals surface area contributed by atoms with E-state index >= 15 is 0 Å². The van der Waals surface area contributed by atoms with E-state index in [2.05, 4.69) is 0 Å². The summed E-state index contributed by atoms with van der Waals surface area (Å²) in [6.07, 6.45) is 0. The monoisotopic (exact) mass is 358 g/mol. The zero-order chi connectivity index (χ0) is 18.2. The lowest BCUT2D eigenvalue weighted by molar-refractivity contribution is 0.00578. The average molecular weight is 358 g/mol. The van der Waals surface area contributed by atoms with Crippen molar-refractivity contribution in [2.75, 3.05) is 6.61 Å². The maximum absolute atomic E-state index is 11.8. The van der Waals surface area contributed by atoms with Gasteiger partial charge in [0.15, 0.2) is 0 Å². The molecule has 0 atom stereocenters. The summed E-state index contributed by atoms with van der Waals surface area (Å²) in [4.78, 5) is 13.4. The first-order valence-electron chi connectivity index (χ1n) is 8.46. The van der Waals surface area contributed by atoms with Crippen molar-refractivity contribution in [3.05, 3.63) is 41.3 Å². The first kappa shape index (κ1) is 18.2. The van der Waals surface area contributed by atoms with Crippen molar-refractivity contribution in [1.82, 2.24) is 0 Å². The molecule has 1 fully saturated rings. The first-order chi connectivity index (χ1) is 11.7. The topological polar surface area (TPSA) is 44.8 Å². The molecule has 1 saturated heterocycles. The van der Waals surface area contributed by atoms with E-state index < -0.39 is 0 Å². The van der Waals surface area contributed by atoms with Crippen LogP contribution in [0.2, 0.25) is 0 Å². The van der Waals surface area contributed by atoms with Gasteiger partial charge in [0, 0.05) is 4.88 Å². The minimum absolute atomic E-state index is 0.271. The maximum Gasteiger partial charge on any atom is 0.494 e. The van der Waals surface area contributed by atoms with Gasteiger partial charge in [-0.3, -0.25) is 0 Å². The second-order valence-electron chi connectivity index (χ2n) is 7.09. The standard InChI is InChI=1S/C19H23BO4S/c1-6-22-17(21)16-12-11-15(25-16)13-7-9-14(10-8-13)20-23-18(2,3)19(4,5)24-20/h7-12H,6H2,1-5H3. The minimum atomic E-state index is -0.363. The highest BCUT2D eigenvalue weighted by Gasteiger charge is 2.51. The molecule has 0 spiro atoms. The average Bonchev–Trinajstić information content (AvgIpc) is 3.11. The van der Waals surface area contributed by atoms with Crippen molar-refractivity contribution in [3.8, 4) is 10.4 Å². The fourth-order valence-corrected chi connectivity index (χ4v) is 3.49. The van der Waals surface area contributed by atoms with Gasteiger partial charge >= 0.3 is 13.1 Å². The predicted octanol–water partition coefficient (Wildman–Crippen LogP) is 3.89. The van der Waals surface area contributed by atoms with Crippen LogP contribution < -0.4 is 5.46 Å². The highest BCUT2D eigenvalue weighted by Crippen LogP contribution is 2.36. The Labute approximate surface area is 153 Å². The molecule has 0 amide bonds. The van der Waals surface area contributed by atoms with Gasteiger partial charge in [-0.05, 0) is 57.8 Å². The molecule has 3 rings (SSSR count). The smallest absolute Gasteiger partial charge is 0.462 e. The molecule has 0 bridgehead atoms. The summed E-state index contributed by atoms with van der Waals surface area (Å²) in [5, 5.41) is 0. The van der Waals surface area contributed by atoms with Crippen molar-refractivity contribution < 1.29 is 18.8 Å². The van der Waals surface area contributed by atoms with Crippen LogP contribution in [0, 0.1) is 0 Å². The summed E-state index contributed by atoms with van der Waals surface area (Å²) in [5.74, 6) is -0.271. The third-order valence-electron chi connectivity index (χ3n) is 4.80. The summed E-state index contributed by atoms with van der Waals surface area (Å²) in [7, 11) is -0.363. The van der Waals surface area contributed by atoms with Crippen LogP contribution in [0.4, 0.5) is 0 Å². The lowest BCUT2D eigenvalue weighted by Gasteiger charge is -2.32. The molecule has 0 N–H and O–H groups in total. The van der Waals surface area contributed by atoms with E-state index in [1.165, 1.54) is 11.3 Å². The zero-order valence-corrected chi connectivity index (χ0v) is 16.1. The Kier molecular flexibility index (Phi) is 4.79. The molecular formula is C19H23BO4S. The number of hydrogen-bond donors (Lipinski definition) is 0. The van der Waals surface area contributed by atoms with Crippen LogP contribution in [-0.4, -0.2) is 30.9 Å². The molecule has 0 radical (unpaired) electrons. The summed E-state index contributed by atoms with van der Waals surface area (Å²) in [6, 6.07) is 11.8. The minimum Gasteiger partial charge on any atom is -0.462 e. The van der Waals surface area contributed by atoms with Crippen LogP contribution in [0.3, 0.4) is 0 Å². The van der Waals surface area contributed by atoms with Crippen molar-refractivity contribution in [2.45, 2.75) is 45.8 Å². The summed E-state index contributed by atoms with van der Waals surface area (Å²) >= 11 is 1.43. The van der Waals surface area contributed by atoms with E-state index in [0.717, 1.165) is 15.9 Å². The van der Waals surface area contributed by atoms with Crippen molar-refractivity contribution in [2.24, 2.45) is 0 Å². The molecule has 0 aliphatic carbocycles. The normalized spacial score (nSPS) is 18.4. The second kappa shape index (κ2) is 6.59. The molecule has 1 aromatic carbocycles. The summed E-state index contributed by atoms with van der Waals surface area (Å²) in [6.45, 7) is 10.4. The van der Waals surface area contributed by atoms with Gasteiger partial charge in [-0.1, -0.05) is 24.3 Å². The van der Waals surface area contributed by atoms with Gasteiger partial charge in [0.05, 0.1) is 17.8 Å². The third kappa shape index (κ3) is 3.52. The lowest BCUT2D eigenvalue weighted by Crippen LogP contribution is -2.41. The van der Waals surface area contributed by atoms with Crippen LogP contribution >= 0.6 is 11.3 Å². The van der Waals surface area contributed by atoms with E-state index in [1.807, 2.05) is 58.0 Å². The molecule has 6 heteroatoms. The molecule has 0 saturated carbocycles. The molecule has 132 valence electrons. The van der Waals surface area contributed by atoms with Gasteiger partial charge in [0.2, 0.25) is 0 Å². The van der Waals surface area contributed by atoms with Crippen molar-refractivity contribution in [3.63, 3.8) is 0 Å². The Balaban J connectivity index is 1.76. The van der Waals surface area contributed by atoms with E-state index in [4.69, 9.17) is 14.0 Å². The largest absolute Gasteiger partial charge is 0.494 e. The molecule has 1 aliphatic rings. The van der Waals surface area contributed by atoms with Gasteiger partial charge in [0.25, 0.3) is 0 Å². The van der Waals surface area contributed by atoms with Crippen LogP contribution in [-0.2, 0) is 14.0 Å². The van der Waals surface area contributed by atoms with Crippen LogP contribution in [0.1, 0.15) is 44.3 Å². The Bertz CT molecular complexity index is 748. The number of hydrogen-bond acceptors (Lipinski definition) is 5. The number of esters is 1. The molecule has 4 nitrogen and oxygen atoms in total. The van der Waals surface area contributed by atoms with Gasteiger partial charge in [-0.15, -0.1) is 11.3 Å². The van der Waals surface area contributed by atoms with Crippen LogP contribution in [0.15, 0.2) is 36.4 Å². The van der Waals surface area contributed by atoms with Gasteiger partial charge in [-0.2, -0.15) is 0 Å². The quantitative estimate of drug-likeness (QED) is 0.614. The van der Waals surface area contributed by atoms with E-state index in [-0.39, 0.29) is 24.3 Å². The highest BCUT2D eigenvalue weighted by atomic mass is 32.1. The van der Waals surface area contributed by atoms with E-state index in [0.29, 0.717) is 11.5 Å². The highest BCUT2D eigenvalue weighted by molar-refractivity contribution is 7.17. The summed E-state index contributed by atoms with van der Waals surface area (Å²) < 4.78 is 17.2. The Morgan fingerprint density at radius 3 is 2.20 bits per heavy atom. The fourth-order valence-electron chi connectivity index (χ4n) is 2.59. The number of carbonyl (C=O) groups is 1. The number of rotatable bonds is 4. The SMILES string of the molecule is CCOC(=O)c1ccc(-c2ccc(B3OC(C)(C)C(C)(C)O3)cc2)s1. The molecule has 1 aromatic heterocycles. The van der Waals surface area contributed by atoms with E-state index in [9.17, 15) is 4.79 Å². The maximum atomic E-state index is 11.8. The number of ether oxygens (including phenoxy) is 1. The predicted molar refractivity (Wildman–Crippen MR) is 101 cm³/mol. The van der Waals surface area contributed by atoms with E-state index in [1.54, 1.807) is 13.0 Å². The van der Waals surface area contributed by atoms with Crippen molar-refractivity contribution >= 4 is 29.9 Å².